The van der Waals surface area contributed by atoms with Crippen LogP contribution >= 0.6 is 0 Å². The maximum Gasteiger partial charge on any atom is 0.236 e. The highest BCUT2D eigenvalue weighted by molar-refractivity contribution is 7.91. The van der Waals surface area contributed by atoms with E-state index in [1.54, 1.807) is 12.3 Å². The van der Waals surface area contributed by atoms with Crippen molar-refractivity contribution in [3.05, 3.63) is 59.4 Å². The number of anilines is 1. The molecule has 2 rings (SSSR count). The molecule has 0 saturated carbocycles. The monoisotopic (exact) mass is 276 g/mol. The van der Waals surface area contributed by atoms with E-state index in [4.69, 9.17) is 0 Å². The van der Waals surface area contributed by atoms with Crippen molar-refractivity contribution in [3.63, 3.8) is 0 Å². The zero-order valence-electron chi connectivity index (χ0n) is 10.9. The molecular formula is C14H16N2O2S. The summed E-state index contributed by atoms with van der Waals surface area (Å²) in [6, 6.07) is 9.21. The first-order chi connectivity index (χ1) is 8.96. The molecule has 0 aliphatic heterocycles. The second-order valence-electron chi connectivity index (χ2n) is 4.54. The van der Waals surface area contributed by atoms with Crippen molar-refractivity contribution in [3.8, 4) is 0 Å². The summed E-state index contributed by atoms with van der Waals surface area (Å²) in [7, 11) is -3.42. The van der Waals surface area contributed by atoms with Gasteiger partial charge in [-0.25, -0.2) is 8.42 Å². The zero-order chi connectivity index (χ0) is 13.9. The average Bonchev–Trinajstić information content (AvgIpc) is 2.31. The summed E-state index contributed by atoms with van der Waals surface area (Å²) in [6.45, 7) is 3.77. The standard InChI is InChI=1S/C14H16N2O2S/c1-11-7-14(9-15-8-11)16-19(17,18)10-13-6-4-3-5-12(13)2/h3-9,16H,10H2,1-2H3. The van der Waals surface area contributed by atoms with Gasteiger partial charge in [0, 0.05) is 6.20 Å². The molecule has 0 saturated heterocycles. The van der Waals surface area contributed by atoms with Crippen LogP contribution in [0.2, 0.25) is 0 Å². The fraction of sp³-hybridized carbons (Fsp3) is 0.214. The Morgan fingerprint density at radius 2 is 1.89 bits per heavy atom. The Hall–Kier alpha value is -1.88. The predicted octanol–water partition coefficient (Wildman–Crippen LogP) is 2.64. The third-order valence-electron chi connectivity index (χ3n) is 2.76. The summed E-state index contributed by atoms with van der Waals surface area (Å²) in [5.74, 6) is -0.0341. The minimum absolute atomic E-state index is 0.0341. The number of rotatable bonds is 4. The summed E-state index contributed by atoms with van der Waals surface area (Å²) in [5, 5.41) is 0. The molecule has 4 nitrogen and oxygen atoms in total. The molecular weight excluding hydrogens is 260 g/mol. The van der Waals surface area contributed by atoms with Gasteiger partial charge in [0.05, 0.1) is 17.6 Å². The van der Waals surface area contributed by atoms with Crippen LogP contribution in [0.3, 0.4) is 0 Å². The van der Waals surface area contributed by atoms with Crippen molar-refractivity contribution in [2.45, 2.75) is 19.6 Å². The Morgan fingerprint density at radius 1 is 1.16 bits per heavy atom. The van der Waals surface area contributed by atoms with Crippen molar-refractivity contribution >= 4 is 15.7 Å². The van der Waals surface area contributed by atoms with Crippen LogP contribution in [0.5, 0.6) is 0 Å². The van der Waals surface area contributed by atoms with Gasteiger partial charge < -0.3 is 0 Å². The summed E-state index contributed by atoms with van der Waals surface area (Å²) < 4.78 is 26.7. The lowest BCUT2D eigenvalue weighted by Gasteiger charge is -2.09. The third-order valence-corrected chi connectivity index (χ3v) is 3.99. The van der Waals surface area contributed by atoms with E-state index >= 15 is 0 Å². The molecule has 0 spiro atoms. The Balaban J connectivity index is 2.18. The number of pyridine rings is 1. The summed E-state index contributed by atoms with van der Waals surface area (Å²) in [5.41, 5.74) is 3.18. The number of sulfonamides is 1. The van der Waals surface area contributed by atoms with Crippen LogP contribution in [-0.4, -0.2) is 13.4 Å². The van der Waals surface area contributed by atoms with Crippen LogP contribution in [0.15, 0.2) is 42.7 Å². The Morgan fingerprint density at radius 3 is 2.58 bits per heavy atom. The lowest BCUT2D eigenvalue weighted by Crippen LogP contribution is -2.15. The van der Waals surface area contributed by atoms with Gasteiger partial charge in [0.25, 0.3) is 0 Å². The van der Waals surface area contributed by atoms with Gasteiger partial charge in [0.2, 0.25) is 10.0 Å². The maximum atomic E-state index is 12.1. The molecule has 0 amide bonds. The molecule has 1 aromatic carbocycles. The lowest BCUT2D eigenvalue weighted by molar-refractivity contribution is 0.600. The number of nitrogens with zero attached hydrogens (tertiary/aromatic N) is 1. The molecule has 2 aromatic rings. The molecule has 1 N–H and O–H groups in total. The number of hydrogen-bond donors (Lipinski definition) is 1. The van der Waals surface area contributed by atoms with E-state index < -0.39 is 10.0 Å². The first kappa shape index (κ1) is 13.5. The fourth-order valence-electron chi connectivity index (χ4n) is 1.80. The maximum absolute atomic E-state index is 12.1. The second kappa shape index (κ2) is 5.40. The van der Waals surface area contributed by atoms with Gasteiger partial charge in [0.1, 0.15) is 0 Å². The van der Waals surface area contributed by atoms with E-state index in [9.17, 15) is 8.42 Å². The van der Waals surface area contributed by atoms with Gasteiger partial charge in [-0.1, -0.05) is 24.3 Å². The van der Waals surface area contributed by atoms with Crippen molar-refractivity contribution in [1.29, 1.82) is 0 Å². The Labute approximate surface area is 113 Å². The van der Waals surface area contributed by atoms with E-state index in [2.05, 4.69) is 9.71 Å². The zero-order valence-corrected chi connectivity index (χ0v) is 11.7. The van der Waals surface area contributed by atoms with E-state index in [0.29, 0.717) is 5.69 Å². The van der Waals surface area contributed by atoms with Gasteiger partial charge in [-0.3, -0.25) is 9.71 Å². The molecule has 0 radical (unpaired) electrons. The van der Waals surface area contributed by atoms with Crippen LogP contribution in [0.1, 0.15) is 16.7 Å². The van der Waals surface area contributed by atoms with Crippen LogP contribution < -0.4 is 4.72 Å². The van der Waals surface area contributed by atoms with Crippen molar-refractivity contribution in [1.82, 2.24) is 4.98 Å². The van der Waals surface area contributed by atoms with Gasteiger partial charge >= 0.3 is 0 Å². The van der Waals surface area contributed by atoms with E-state index in [1.165, 1.54) is 6.20 Å². The van der Waals surface area contributed by atoms with Crippen molar-refractivity contribution < 1.29 is 8.42 Å². The largest absolute Gasteiger partial charge is 0.282 e. The number of hydrogen-bond acceptors (Lipinski definition) is 3. The summed E-state index contributed by atoms with van der Waals surface area (Å²) >= 11 is 0. The molecule has 1 heterocycles. The Bertz CT molecular complexity index is 681. The second-order valence-corrected chi connectivity index (χ2v) is 6.26. The van der Waals surface area contributed by atoms with Crippen molar-refractivity contribution in [2.24, 2.45) is 0 Å². The van der Waals surface area contributed by atoms with Crippen LogP contribution in [-0.2, 0) is 15.8 Å². The summed E-state index contributed by atoms with van der Waals surface area (Å²) in [6.07, 6.45) is 3.18. The number of benzene rings is 1. The SMILES string of the molecule is Cc1cncc(NS(=O)(=O)Cc2ccccc2C)c1. The van der Waals surface area contributed by atoms with Gasteiger partial charge in [-0.05, 0) is 36.6 Å². The number of aromatic nitrogens is 1. The molecule has 100 valence electrons. The van der Waals surface area contributed by atoms with E-state index in [-0.39, 0.29) is 5.75 Å². The first-order valence-corrected chi connectivity index (χ1v) is 7.58. The lowest BCUT2D eigenvalue weighted by atomic mass is 10.1. The van der Waals surface area contributed by atoms with Crippen molar-refractivity contribution in [2.75, 3.05) is 4.72 Å². The van der Waals surface area contributed by atoms with Crippen LogP contribution in [0.25, 0.3) is 0 Å². The topological polar surface area (TPSA) is 59.1 Å². The number of aryl methyl sites for hydroxylation is 2. The quantitative estimate of drug-likeness (QED) is 0.934. The van der Waals surface area contributed by atoms with Gasteiger partial charge in [-0.2, -0.15) is 0 Å². The minimum Gasteiger partial charge on any atom is -0.282 e. The first-order valence-electron chi connectivity index (χ1n) is 5.93. The van der Waals surface area contributed by atoms with Gasteiger partial charge in [0.15, 0.2) is 0 Å². The molecule has 1 aromatic heterocycles. The average molecular weight is 276 g/mol. The fourth-order valence-corrected chi connectivity index (χ4v) is 3.08. The molecule has 0 aliphatic carbocycles. The molecule has 0 bridgehead atoms. The van der Waals surface area contributed by atoms with Crippen LogP contribution in [0, 0.1) is 13.8 Å². The predicted molar refractivity (Wildman–Crippen MR) is 76.4 cm³/mol. The van der Waals surface area contributed by atoms with E-state index in [0.717, 1.165) is 16.7 Å². The van der Waals surface area contributed by atoms with E-state index in [1.807, 2.05) is 38.1 Å². The third kappa shape index (κ3) is 3.79. The summed E-state index contributed by atoms with van der Waals surface area (Å²) in [4.78, 5) is 3.97. The molecule has 0 unspecified atom stereocenters. The normalized spacial score (nSPS) is 11.3. The highest BCUT2D eigenvalue weighted by Gasteiger charge is 2.13. The molecule has 0 atom stereocenters. The van der Waals surface area contributed by atoms with Gasteiger partial charge in [-0.15, -0.1) is 0 Å². The Kier molecular flexibility index (Phi) is 3.85. The highest BCUT2D eigenvalue weighted by Crippen LogP contribution is 2.15. The molecule has 0 fully saturated rings. The highest BCUT2D eigenvalue weighted by atomic mass is 32.2. The molecule has 5 heteroatoms. The molecule has 0 aliphatic rings. The number of nitrogens with one attached hydrogen (secondary N) is 1. The smallest absolute Gasteiger partial charge is 0.236 e. The van der Waals surface area contributed by atoms with Crippen LogP contribution in [0.4, 0.5) is 5.69 Å². The molecule has 19 heavy (non-hydrogen) atoms. The minimum atomic E-state index is -3.42.